The maximum absolute atomic E-state index is 11.5. The average molecular weight is 262 g/mol. The lowest BCUT2D eigenvalue weighted by molar-refractivity contribution is -0.154. The molecule has 0 aliphatic carbocycles. The first-order valence-electron chi connectivity index (χ1n) is 6.08. The van der Waals surface area contributed by atoms with E-state index in [0.29, 0.717) is 25.7 Å². The first kappa shape index (κ1) is 12.0. The number of anilines is 1. The summed E-state index contributed by atoms with van der Waals surface area (Å²) in [6.45, 7) is 1.47. The fourth-order valence-corrected chi connectivity index (χ4v) is 2.09. The van der Waals surface area contributed by atoms with Crippen molar-refractivity contribution in [1.29, 1.82) is 0 Å². The third kappa shape index (κ3) is 2.26. The molecule has 1 saturated heterocycles. The standard InChI is InChI=1S/C13H14N2O4/c1-17-12(16)11-8-15(6-7-18-11)13-14-9-4-2-3-5-10(9)19-13/h2-5,11H,6-8H2,1H3. The van der Waals surface area contributed by atoms with Crippen molar-refractivity contribution in [3.8, 4) is 0 Å². The minimum absolute atomic E-state index is 0.374. The second-order valence-electron chi connectivity index (χ2n) is 4.29. The summed E-state index contributed by atoms with van der Waals surface area (Å²) in [5.41, 5.74) is 1.54. The van der Waals surface area contributed by atoms with Crippen molar-refractivity contribution >= 4 is 23.1 Å². The van der Waals surface area contributed by atoms with Gasteiger partial charge in [0.05, 0.1) is 20.3 Å². The van der Waals surface area contributed by atoms with Gasteiger partial charge < -0.3 is 18.8 Å². The molecule has 1 aromatic heterocycles. The summed E-state index contributed by atoms with van der Waals surface area (Å²) in [6.07, 6.45) is -0.589. The molecule has 0 N–H and O–H groups in total. The van der Waals surface area contributed by atoms with Crippen molar-refractivity contribution < 1.29 is 18.7 Å². The predicted molar refractivity (Wildman–Crippen MR) is 68.0 cm³/mol. The molecule has 1 aliphatic heterocycles. The van der Waals surface area contributed by atoms with Gasteiger partial charge in [-0.2, -0.15) is 4.98 Å². The number of carbonyl (C=O) groups excluding carboxylic acids is 1. The van der Waals surface area contributed by atoms with Crippen molar-refractivity contribution in [2.75, 3.05) is 31.7 Å². The van der Waals surface area contributed by atoms with E-state index in [1.54, 1.807) is 0 Å². The smallest absolute Gasteiger partial charge is 0.336 e. The molecule has 1 fully saturated rings. The lowest BCUT2D eigenvalue weighted by Gasteiger charge is -2.30. The maximum Gasteiger partial charge on any atom is 0.336 e. The van der Waals surface area contributed by atoms with Crippen LogP contribution in [-0.4, -0.2) is 43.9 Å². The summed E-state index contributed by atoms with van der Waals surface area (Å²) in [7, 11) is 1.35. The number of carbonyl (C=O) groups is 1. The van der Waals surface area contributed by atoms with Crippen molar-refractivity contribution in [3.05, 3.63) is 24.3 Å². The number of rotatable bonds is 2. The number of esters is 1. The van der Waals surface area contributed by atoms with Crippen molar-refractivity contribution in [3.63, 3.8) is 0 Å². The zero-order chi connectivity index (χ0) is 13.2. The minimum atomic E-state index is -0.589. The van der Waals surface area contributed by atoms with Crippen LogP contribution in [-0.2, 0) is 14.3 Å². The minimum Gasteiger partial charge on any atom is -0.467 e. The van der Waals surface area contributed by atoms with Crippen LogP contribution in [0.25, 0.3) is 11.1 Å². The summed E-state index contributed by atoms with van der Waals surface area (Å²) in [5.74, 6) is -0.374. The Balaban J connectivity index is 1.83. The molecule has 2 heterocycles. The summed E-state index contributed by atoms with van der Waals surface area (Å²) < 4.78 is 15.7. The SMILES string of the molecule is COC(=O)C1CN(c2nc3ccccc3o2)CCO1. The van der Waals surface area contributed by atoms with Gasteiger partial charge in [-0.3, -0.25) is 0 Å². The molecule has 3 rings (SSSR count). The van der Waals surface area contributed by atoms with E-state index in [9.17, 15) is 4.79 Å². The van der Waals surface area contributed by atoms with E-state index in [0.717, 1.165) is 11.1 Å². The molecule has 0 bridgehead atoms. The van der Waals surface area contributed by atoms with Crippen molar-refractivity contribution in [2.24, 2.45) is 0 Å². The molecule has 100 valence electrons. The van der Waals surface area contributed by atoms with Crippen LogP contribution in [0, 0.1) is 0 Å². The molecule has 0 radical (unpaired) electrons. The Morgan fingerprint density at radius 2 is 2.32 bits per heavy atom. The second-order valence-corrected chi connectivity index (χ2v) is 4.29. The van der Waals surface area contributed by atoms with E-state index in [1.807, 2.05) is 29.2 Å². The number of nitrogens with zero attached hydrogens (tertiary/aromatic N) is 2. The van der Waals surface area contributed by atoms with Gasteiger partial charge in [0, 0.05) is 6.54 Å². The molecule has 6 heteroatoms. The van der Waals surface area contributed by atoms with E-state index < -0.39 is 6.10 Å². The summed E-state index contributed by atoms with van der Waals surface area (Å²) in [5, 5.41) is 0. The summed E-state index contributed by atoms with van der Waals surface area (Å²) >= 11 is 0. The van der Waals surface area contributed by atoms with Gasteiger partial charge >= 0.3 is 5.97 Å². The van der Waals surface area contributed by atoms with Crippen molar-refractivity contribution in [2.45, 2.75) is 6.10 Å². The highest BCUT2D eigenvalue weighted by atomic mass is 16.6. The second kappa shape index (κ2) is 4.89. The monoisotopic (exact) mass is 262 g/mol. The van der Waals surface area contributed by atoms with Crippen LogP contribution in [0.5, 0.6) is 0 Å². The van der Waals surface area contributed by atoms with Gasteiger partial charge in [0.15, 0.2) is 11.7 Å². The fraction of sp³-hybridized carbons (Fsp3) is 0.385. The molecule has 19 heavy (non-hydrogen) atoms. The molecule has 1 unspecified atom stereocenters. The highest BCUT2D eigenvalue weighted by Gasteiger charge is 2.29. The fourth-order valence-electron chi connectivity index (χ4n) is 2.09. The van der Waals surface area contributed by atoms with Gasteiger partial charge in [-0.15, -0.1) is 0 Å². The van der Waals surface area contributed by atoms with Gasteiger partial charge in [0.1, 0.15) is 5.52 Å². The van der Waals surface area contributed by atoms with E-state index in [2.05, 4.69) is 4.98 Å². The molecule has 1 aliphatic rings. The number of ether oxygens (including phenoxy) is 2. The van der Waals surface area contributed by atoms with Crippen LogP contribution in [0.15, 0.2) is 28.7 Å². The lowest BCUT2D eigenvalue weighted by atomic mass is 10.3. The Labute approximate surface area is 109 Å². The third-order valence-electron chi connectivity index (χ3n) is 3.08. The highest BCUT2D eigenvalue weighted by molar-refractivity contribution is 5.76. The van der Waals surface area contributed by atoms with Crippen LogP contribution in [0.2, 0.25) is 0 Å². The first-order valence-corrected chi connectivity index (χ1v) is 6.08. The highest BCUT2D eigenvalue weighted by Crippen LogP contribution is 2.23. The number of benzene rings is 1. The zero-order valence-electron chi connectivity index (χ0n) is 10.5. The Kier molecular flexibility index (Phi) is 3.08. The number of morpholine rings is 1. The number of methoxy groups -OCH3 is 1. The average Bonchev–Trinajstić information content (AvgIpc) is 2.90. The van der Waals surface area contributed by atoms with Crippen LogP contribution in [0.1, 0.15) is 0 Å². The zero-order valence-corrected chi connectivity index (χ0v) is 10.5. The molecular formula is C13H14N2O4. The Hall–Kier alpha value is -2.08. The van der Waals surface area contributed by atoms with Crippen LogP contribution in [0.3, 0.4) is 0 Å². The van der Waals surface area contributed by atoms with Crippen LogP contribution < -0.4 is 4.90 Å². The Morgan fingerprint density at radius 3 is 3.11 bits per heavy atom. The number of aromatic nitrogens is 1. The normalized spacial score (nSPS) is 19.6. The van der Waals surface area contributed by atoms with E-state index >= 15 is 0 Å². The lowest BCUT2D eigenvalue weighted by Crippen LogP contribution is -2.46. The quantitative estimate of drug-likeness (QED) is 0.758. The third-order valence-corrected chi connectivity index (χ3v) is 3.08. The van der Waals surface area contributed by atoms with Gasteiger partial charge in [0.2, 0.25) is 0 Å². The summed E-state index contributed by atoms with van der Waals surface area (Å²) in [6, 6.07) is 8.07. The van der Waals surface area contributed by atoms with E-state index in [1.165, 1.54) is 7.11 Å². The number of oxazole rings is 1. The first-order chi connectivity index (χ1) is 9.28. The molecule has 1 aromatic carbocycles. The summed E-state index contributed by atoms with van der Waals surface area (Å²) in [4.78, 5) is 17.8. The van der Waals surface area contributed by atoms with Gasteiger partial charge in [0.25, 0.3) is 6.01 Å². The maximum atomic E-state index is 11.5. The van der Waals surface area contributed by atoms with Gasteiger partial charge in [-0.25, -0.2) is 4.79 Å². The predicted octanol–water partition coefficient (Wildman–Crippen LogP) is 1.21. The number of hydrogen-bond donors (Lipinski definition) is 0. The van der Waals surface area contributed by atoms with Crippen LogP contribution >= 0.6 is 0 Å². The van der Waals surface area contributed by atoms with Crippen LogP contribution in [0.4, 0.5) is 6.01 Å². The number of para-hydroxylation sites is 2. The number of hydrogen-bond acceptors (Lipinski definition) is 6. The Bertz CT molecular complexity index is 562. The molecule has 0 saturated carbocycles. The van der Waals surface area contributed by atoms with Crippen molar-refractivity contribution in [1.82, 2.24) is 4.98 Å². The van der Waals surface area contributed by atoms with Gasteiger partial charge in [-0.05, 0) is 12.1 Å². The molecule has 2 aromatic rings. The topological polar surface area (TPSA) is 64.8 Å². The van der Waals surface area contributed by atoms with Gasteiger partial charge in [-0.1, -0.05) is 12.1 Å². The van der Waals surface area contributed by atoms with E-state index in [-0.39, 0.29) is 5.97 Å². The Morgan fingerprint density at radius 1 is 1.47 bits per heavy atom. The molecule has 0 amide bonds. The molecule has 1 atom stereocenters. The number of fused-ring (bicyclic) bond motifs is 1. The van der Waals surface area contributed by atoms with E-state index in [4.69, 9.17) is 13.9 Å². The molecule has 0 spiro atoms. The molecule has 6 nitrogen and oxygen atoms in total. The largest absolute Gasteiger partial charge is 0.467 e. The molecular weight excluding hydrogens is 248 g/mol.